The number of aromatic nitrogens is 4. The Hall–Kier alpha value is -2.89. The van der Waals surface area contributed by atoms with Crippen molar-refractivity contribution in [2.45, 2.75) is 25.0 Å². The van der Waals surface area contributed by atoms with Crippen molar-refractivity contribution in [2.75, 3.05) is 50.0 Å². The fourth-order valence-electron chi connectivity index (χ4n) is 5.01. The number of hydrogen-bond donors (Lipinski definition) is 2. The van der Waals surface area contributed by atoms with Crippen LogP contribution in [0.5, 0.6) is 0 Å². The van der Waals surface area contributed by atoms with E-state index in [9.17, 15) is 5.11 Å². The molecule has 9 nitrogen and oxygen atoms in total. The third kappa shape index (κ3) is 4.99. The molecule has 0 spiro atoms. The number of halogens is 1. The zero-order chi connectivity index (χ0) is 25.4. The van der Waals surface area contributed by atoms with Crippen molar-refractivity contribution in [2.24, 2.45) is 0 Å². The number of nitrogen functional groups attached to an aromatic ring is 1. The molecule has 0 aliphatic carbocycles. The van der Waals surface area contributed by atoms with E-state index >= 15 is 0 Å². The SMILES string of the molecule is Nc1ncc(-c2nc(N3CCOCC3)c3scc(CN4CCC(O)(c5ccc(Cl)cc5)CC4)c3n2)cn1. The van der Waals surface area contributed by atoms with E-state index in [1.165, 1.54) is 0 Å². The van der Waals surface area contributed by atoms with Gasteiger partial charge in [-0.3, -0.25) is 4.90 Å². The molecule has 37 heavy (non-hydrogen) atoms. The van der Waals surface area contributed by atoms with Crippen LogP contribution in [0, 0.1) is 0 Å². The number of anilines is 2. The molecule has 3 aromatic heterocycles. The van der Waals surface area contributed by atoms with E-state index in [2.05, 4.69) is 25.1 Å². The van der Waals surface area contributed by atoms with Crippen molar-refractivity contribution in [3.05, 3.63) is 58.2 Å². The number of benzene rings is 1. The molecule has 5 heterocycles. The average molecular weight is 538 g/mol. The maximum atomic E-state index is 11.3. The van der Waals surface area contributed by atoms with Crippen molar-refractivity contribution in [1.82, 2.24) is 24.8 Å². The average Bonchev–Trinajstić information content (AvgIpc) is 3.33. The van der Waals surface area contributed by atoms with E-state index in [0.29, 0.717) is 36.9 Å². The topological polar surface area (TPSA) is 114 Å². The minimum atomic E-state index is -0.828. The van der Waals surface area contributed by atoms with E-state index in [0.717, 1.165) is 65.4 Å². The van der Waals surface area contributed by atoms with Gasteiger partial charge < -0.3 is 20.5 Å². The molecule has 4 aromatic rings. The van der Waals surface area contributed by atoms with Crippen molar-refractivity contribution in [1.29, 1.82) is 0 Å². The molecule has 11 heteroatoms. The lowest BCUT2D eigenvalue weighted by molar-refractivity contribution is -0.0276. The number of hydrogen-bond acceptors (Lipinski definition) is 10. The van der Waals surface area contributed by atoms with Crippen LogP contribution in [0.2, 0.25) is 5.02 Å². The minimum absolute atomic E-state index is 0.220. The highest BCUT2D eigenvalue weighted by Crippen LogP contribution is 2.37. The van der Waals surface area contributed by atoms with Crippen molar-refractivity contribution in [3.8, 4) is 11.4 Å². The lowest BCUT2D eigenvalue weighted by atomic mass is 9.84. The highest BCUT2D eigenvalue weighted by molar-refractivity contribution is 7.18. The second kappa shape index (κ2) is 10.1. The number of fused-ring (bicyclic) bond motifs is 1. The Morgan fingerprint density at radius 3 is 2.43 bits per heavy atom. The van der Waals surface area contributed by atoms with Gasteiger partial charge >= 0.3 is 0 Å². The second-order valence-corrected chi connectivity index (χ2v) is 10.9. The third-order valence-electron chi connectivity index (χ3n) is 7.17. The zero-order valence-corrected chi connectivity index (χ0v) is 21.9. The van der Waals surface area contributed by atoms with Gasteiger partial charge in [0.1, 0.15) is 0 Å². The van der Waals surface area contributed by atoms with E-state index in [1.807, 2.05) is 24.3 Å². The first-order chi connectivity index (χ1) is 18.0. The number of morpholine rings is 1. The fourth-order valence-corrected chi connectivity index (χ4v) is 6.15. The summed E-state index contributed by atoms with van der Waals surface area (Å²) in [5, 5.41) is 14.2. The Bertz CT molecular complexity index is 1380. The third-order valence-corrected chi connectivity index (χ3v) is 8.44. The Kier molecular flexibility index (Phi) is 6.68. The summed E-state index contributed by atoms with van der Waals surface area (Å²) in [4.78, 5) is 22.8. The van der Waals surface area contributed by atoms with Crippen molar-refractivity contribution < 1.29 is 9.84 Å². The molecule has 1 aromatic carbocycles. The summed E-state index contributed by atoms with van der Waals surface area (Å²) in [5.74, 6) is 1.73. The van der Waals surface area contributed by atoms with Gasteiger partial charge in [0.25, 0.3) is 0 Å². The van der Waals surface area contributed by atoms with Crippen LogP contribution < -0.4 is 10.6 Å². The maximum absolute atomic E-state index is 11.3. The van der Waals surface area contributed by atoms with Gasteiger partial charge in [-0.25, -0.2) is 19.9 Å². The first kappa shape index (κ1) is 24.4. The molecule has 2 fully saturated rings. The second-order valence-electron chi connectivity index (χ2n) is 9.55. The normalized spacial score (nSPS) is 18.4. The predicted octanol–water partition coefficient (Wildman–Crippen LogP) is 3.70. The molecule has 0 unspecified atom stereocenters. The number of likely N-dealkylation sites (tertiary alicyclic amines) is 1. The van der Waals surface area contributed by atoms with Crippen LogP contribution in [0.1, 0.15) is 24.0 Å². The number of ether oxygens (including phenoxy) is 1. The fraction of sp³-hybridized carbons (Fsp3) is 0.385. The van der Waals surface area contributed by atoms with Crippen LogP contribution in [0.3, 0.4) is 0 Å². The largest absolute Gasteiger partial charge is 0.385 e. The molecule has 2 aliphatic heterocycles. The molecule has 2 saturated heterocycles. The standard InChI is InChI=1S/C26H28ClN7O2S/c27-20-3-1-19(2-4-20)26(35)5-7-33(8-6-26)15-18-16-37-22-21(18)31-23(17-13-29-25(28)30-14-17)32-24(22)34-9-11-36-12-10-34/h1-4,13-14,16,35H,5-12,15H2,(H2,28,29,30). The summed E-state index contributed by atoms with van der Waals surface area (Å²) in [6, 6.07) is 7.54. The van der Waals surface area contributed by atoms with Crippen LogP contribution in [-0.4, -0.2) is 69.3 Å². The van der Waals surface area contributed by atoms with E-state index in [-0.39, 0.29) is 5.95 Å². The highest BCUT2D eigenvalue weighted by atomic mass is 35.5. The lowest BCUT2D eigenvalue weighted by Crippen LogP contribution is -2.42. The Morgan fingerprint density at radius 2 is 1.73 bits per heavy atom. The quantitative estimate of drug-likeness (QED) is 0.393. The van der Waals surface area contributed by atoms with Crippen LogP contribution in [0.15, 0.2) is 42.0 Å². The summed E-state index contributed by atoms with van der Waals surface area (Å²) in [5.41, 5.74) is 8.64. The molecule has 0 saturated carbocycles. The summed E-state index contributed by atoms with van der Waals surface area (Å²) >= 11 is 7.72. The number of aliphatic hydroxyl groups is 1. The summed E-state index contributed by atoms with van der Waals surface area (Å²) < 4.78 is 6.65. The number of nitrogens with two attached hydrogens (primary N) is 1. The first-order valence-electron chi connectivity index (χ1n) is 12.4. The monoisotopic (exact) mass is 537 g/mol. The van der Waals surface area contributed by atoms with E-state index in [1.54, 1.807) is 23.7 Å². The van der Waals surface area contributed by atoms with E-state index in [4.69, 9.17) is 32.0 Å². The maximum Gasteiger partial charge on any atom is 0.219 e. The first-order valence-corrected chi connectivity index (χ1v) is 13.6. The van der Waals surface area contributed by atoms with Crippen LogP contribution >= 0.6 is 22.9 Å². The zero-order valence-electron chi connectivity index (χ0n) is 20.3. The molecule has 0 atom stereocenters. The molecular formula is C26H28ClN7O2S. The van der Waals surface area contributed by atoms with Crippen molar-refractivity contribution >= 4 is 44.9 Å². The van der Waals surface area contributed by atoms with Gasteiger partial charge in [0.2, 0.25) is 5.95 Å². The van der Waals surface area contributed by atoms with Gasteiger partial charge in [0.15, 0.2) is 11.6 Å². The molecule has 3 N–H and O–H groups in total. The molecule has 0 amide bonds. The number of thiophene rings is 1. The van der Waals surface area contributed by atoms with Crippen LogP contribution in [0.25, 0.3) is 21.6 Å². The summed E-state index contributed by atoms with van der Waals surface area (Å²) in [6.07, 6.45) is 4.67. The molecule has 2 aliphatic rings. The minimum Gasteiger partial charge on any atom is -0.385 e. The Labute approximate surface area is 223 Å². The van der Waals surface area contributed by atoms with Gasteiger partial charge in [0, 0.05) is 55.7 Å². The van der Waals surface area contributed by atoms with Crippen LogP contribution in [-0.2, 0) is 16.9 Å². The van der Waals surface area contributed by atoms with Gasteiger partial charge in [0.05, 0.1) is 34.6 Å². The number of nitrogens with zero attached hydrogens (tertiary/aromatic N) is 6. The molecule has 192 valence electrons. The van der Waals surface area contributed by atoms with Crippen LogP contribution in [0.4, 0.5) is 11.8 Å². The number of rotatable bonds is 5. The van der Waals surface area contributed by atoms with Gasteiger partial charge in [-0.1, -0.05) is 23.7 Å². The van der Waals surface area contributed by atoms with Crippen molar-refractivity contribution in [3.63, 3.8) is 0 Å². The highest BCUT2D eigenvalue weighted by Gasteiger charge is 2.34. The summed E-state index contributed by atoms with van der Waals surface area (Å²) in [6.45, 7) is 5.25. The Morgan fingerprint density at radius 1 is 1.03 bits per heavy atom. The summed E-state index contributed by atoms with van der Waals surface area (Å²) in [7, 11) is 0. The van der Waals surface area contributed by atoms with E-state index < -0.39 is 5.60 Å². The molecule has 6 rings (SSSR count). The van der Waals surface area contributed by atoms with Gasteiger partial charge in [-0.05, 0) is 35.9 Å². The number of piperidine rings is 1. The Balaban J connectivity index is 1.28. The molecule has 0 bridgehead atoms. The van der Waals surface area contributed by atoms with Gasteiger partial charge in [-0.2, -0.15) is 0 Å². The lowest BCUT2D eigenvalue weighted by Gasteiger charge is -2.38. The predicted molar refractivity (Wildman–Crippen MR) is 146 cm³/mol. The molecular weight excluding hydrogens is 510 g/mol. The van der Waals surface area contributed by atoms with Gasteiger partial charge in [-0.15, -0.1) is 11.3 Å². The molecule has 0 radical (unpaired) electrons. The smallest absolute Gasteiger partial charge is 0.219 e.